The minimum absolute atomic E-state index is 0.0172. The number of carbonyl (C=O) groups excluding carboxylic acids is 1. The Morgan fingerprint density at radius 3 is 2.85 bits per heavy atom. The number of hydrogen-bond acceptors (Lipinski definition) is 6. The van der Waals surface area contributed by atoms with Gasteiger partial charge in [-0.3, -0.25) is 18.6 Å². The van der Waals surface area contributed by atoms with E-state index in [2.05, 4.69) is 15.3 Å². The Kier molecular flexibility index (Phi) is 4.96. The molecule has 0 spiro atoms. The second-order valence-electron chi connectivity index (χ2n) is 8.96. The van der Waals surface area contributed by atoms with Gasteiger partial charge in [-0.1, -0.05) is 22.9 Å². The maximum Gasteiger partial charge on any atom is 0.279 e. The SMILES string of the molecule is CC(=O)N1CCCC1c1cn(-c2ncn3c2c(=O)n(C2CCOC2C)c2c(Cl)cccc23)nn1. The number of nitrogens with zero attached hydrogens (tertiary/aromatic N) is 7. The van der Waals surface area contributed by atoms with E-state index in [1.54, 1.807) is 34.5 Å². The molecule has 0 aliphatic carbocycles. The van der Waals surface area contributed by atoms with Crippen LogP contribution in [0.3, 0.4) is 0 Å². The fraction of sp³-hybridized carbons (Fsp3) is 0.435. The molecule has 34 heavy (non-hydrogen) atoms. The van der Waals surface area contributed by atoms with Gasteiger partial charge in [-0.05, 0) is 38.3 Å². The molecule has 0 saturated carbocycles. The first-order valence-electron chi connectivity index (χ1n) is 11.5. The second kappa shape index (κ2) is 7.92. The first kappa shape index (κ1) is 21.3. The lowest BCUT2D eigenvalue weighted by Crippen LogP contribution is -2.31. The molecule has 6 rings (SSSR count). The predicted octanol–water partition coefficient (Wildman–Crippen LogP) is 2.92. The molecular formula is C23H24ClN7O3. The van der Waals surface area contributed by atoms with Crippen LogP contribution in [0.15, 0.2) is 35.5 Å². The van der Waals surface area contributed by atoms with E-state index in [1.165, 1.54) is 4.68 Å². The average molecular weight is 482 g/mol. The summed E-state index contributed by atoms with van der Waals surface area (Å²) in [5.74, 6) is 0.405. The van der Waals surface area contributed by atoms with E-state index in [0.29, 0.717) is 40.7 Å². The first-order chi connectivity index (χ1) is 16.5. The minimum atomic E-state index is -0.210. The Morgan fingerprint density at radius 2 is 2.09 bits per heavy atom. The summed E-state index contributed by atoms with van der Waals surface area (Å²) in [4.78, 5) is 32.3. The molecule has 2 fully saturated rings. The van der Waals surface area contributed by atoms with E-state index >= 15 is 0 Å². The molecule has 2 aliphatic heterocycles. The van der Waals surface area contributed by atoms with Gasteiger partial charge in [-0.15, -0.1) is 5.10 Å². The van der Waals surface area contributed by atoms with Crippen molar-refractivity contribution >= 4 is 34.1 Å². The van der Waals surface area contributed by atoms with Crippen LogP contribution in [0.4, 0.5) is 0 Å². The summed E-state index contributed by atoms with van der Waals surface area (Å²) < 4.78 is 10.8. The highest BCUT2D eigenvalue weighted by Gasteiger charge is 2.32. The lowest BCUT2D eigenvalue weighted by molar-refractivity contribution is -0.129. The van der Waals surface area contributed by atoms with Gasteiger partial charge in [0.2, 0.25) is 5.91 Å². The van der Waals surface area contributed by atoms with Crippen LogP contribution in [-0.4, -0.2) is 59.0 Å². The molecule has 1 aromatic carbocycles. The van der Waals surface area contributed by atoms with Crippen LogP contribution >= 0.6 is 11.6 Å². The number of amides is 1. The Balaban J connectivity index is 1.55. The number of halogens is 1. The van der Waals surface area contributed by atoms with Gasteiger partial charge in [0, 0.05) is 20.1 Å². The number of benzene rings is 1. The van der Waals surface area contributed by atoms with Gasteiger partial charge in [0.15, 0.2) is 11.3 Å². The highest BCUT2D eigenvalue weighted by molar-refractivity contribution is 6.35. The largest absolute Gasteiger partial charge is 0.376 e. The number of likely N-dealkylation sites (tertiary alicyclic amines) is 1. The van der Waals surface area contributed by atoms with Gasteiger partial charge in [-0.2, -0.15) is 4.68 Å². The van der Waals surface area contributed by atoms with Crippen LogP contribution < -0.4 is 5.56 Å². The second-order valence-corrected chi connectivity index (χ2v) is 9.37. The summed E-state index contributed by atoms with van der Waals surface area (Å²) in [7, 11) is 0. The number of carbonyl (C=O) groups is 1. The molecule has 0 N–H and O–H groups in total. The molecule has 11 heteroatoms. The summed E-state index contributed by atoms with van der Waals surface area (Å²) >= 11 is 6.61. The summed E-state index contributed by atoms with van der Waals surface area (Å²) in [6.45, 7) is 4.83. The van der Waals surface area contributed by atoms with Crippen molar-refractivity contribution in [3.8, 4) is 5.82 Å². The van der Waals surface area contributed by atoms with Crippen LogP contribution in [0.2, 0.25) is 5.02 Å². The maximum absolute atomic E-state index is 14.0. The number of fused-ring (bicyclic) bond motifs is 3. The van der Waals surface area contributed by atoms with Crippen molar-refractivity contribution in [2.24, 2.45) is 0 Å². The summed E-state index contributed by atoms with van der Waals surface area (Å²) in [5.41, 5.74) is 2.31. The van der Waals surface area contributed by atoms with Gasteiger partial charge in [0.25, 0.3) is 5.56 Å². The molecule has 2 saturated heterocycles. The summed E-state index contributed by atoms with van der Waals surface area (Å²) in [5, 5.41) is 9.11. The molecule has 5 heterocycles. The Bertz CT molecular complexity index is 1490. The van der Waals surface area contributed by atoms with E-state index < -0.39 is 0 Å². The topological polar surface area (TPSA) is 99.6 Å². The molecule has 3 aromatic heterocycles. The highest BCUT2D eigenvalue weighted by Crippen LogP contribution is 2.33. The van der Waals surface area contributed by atoms with Gasteiger partial charge in [0.1, 0.15) is 12.0 Å². The van der Waals surface area contributed by atoms with Crippen molar-refractivity contribution in [2.45, 2.75) is 51.3 Å². The number of rotatable bonds is 3. The Morgan fingerprint density at radius 1 is 1.24 bits per heavy atom. The molecule has 3 atom stereocenters. The monoisotopic (exact) mass is 481 g/mol. The Labute approximate surface area is 199 Å². The average Bonchev–Trinajstić information content (AvgIpc) is 3.60. The fourth-order valence-electron chi connectivity index (χ4n) is 5.40. The molecule has 3 unspecified atom stereocenters. The van der Waals surface area contributed by atoms with E-state index in [1.807, 2.05) is 24.0 Å². The number of aromatic nitrogens is 6. The fourth-order valence-corrected chi connectivity index (χ4v) is 5.66. The molecule has 10 nitrogen and oxygen atoms in total. The van der Waals surface area contributed by atoms with Crippen molar-refractivity contribution in [1.29, 1.82) is 0 Å². The smallest absolute Gasteiger partial charge is 0.279 e. The predicted molar refractivity (Wildman–Crippen MR) is 125 cm³/mol. The van der Waals surface area contributed by atoms with Gasteiger partial charge >= 0.3 is 0 Å². The van der Waals surface area contributed by atoms with Crippen molar-refractivity contribution in [1.82, 2.24) is 33.8 Å². The highest BCUT2D eigenvalue weighted by atomic mass is 35.5. The molecular weight excluding hydrogens is 458 g/mol. The molecule has 4 aromatic rings. The van der Waals surface area contributed by atoms with Crippen LogP contribution in [-0.2, 0) is 9.53 Å². The van der Waals surface area contributed by atoms with Gasteiger partial charge in [-0.25, -0.2) is 4.98 Å². The first-order valence-corrected chi connectivity index (χ1v) is 11.8. The van der Waals surface area contributed by atoms with E-state index in [0.717, 1.165) is 24.8 Å². The van der Waals surface area contributed by atoms with Crippen molar-refractivity contribution in [3.05, 3.63) is 51.8 Å². The van der Waals surface area contributed by atoms with Crippen molar-refractivity contribution < 1.29 is 9.53 Å². The Hall–Kier alpha value is -3.24. The molecule has 0 bridgehead atoms. The molecule has 0 radical (unpaired) electrons. The standard InChI is InChI=1S/C23H24ClN7O3/c1-13-17(8-10-34-13)31-20-15(24)5-3-6-19(20)29-12-25-22(21(29)23(31)33)30-11-16(26-27-30)18-7-4-9-28(18)14(2)32/h3,5-6,11-13,17-18H,4,7-10H2,1-2H3. The maximum atomic E-state index is 14.0. The zero-order valence-electron chi connectivity index (χ0n) is 18.9. The third kappa shape index (κ3) is 3.08. The van der Waals surface area contributed by atoms with Crippen LogP contribution in [0.25, 0.3) is 22.4 Å². The molecule has 1 amide bonds. The summed E-state index contributed by atoms with van der Waals surface area (Å²) in [6, 6.07) is 5.31. The zero-order valence-corrected chi connectivity index (χ0v) is 19.6. The van der Waals surface area contributed by atoms with Crippen molar-refractivity contribution in [3.63, 3.8) is 0 Å². The lowest BCUT2D eigenvalue weighted by atomic mass is 10.1. The normalized spacial score (nSPS) is 22.9. The quantitative estimate of drug-likeness (QED) is 0.446. The molecule has 176 valence electrons. The van der Waals surface area contributed by atoms with E-state index in [9.17, 15) is 9.59 Å². The van der Waals surface area contributed by atoms with Crippen LogP contribution in [0.1, 0.15) is 50.9 Å². The van der Waals surface area contributed by atoms with E-state index in [-0.39, 0.29) is 29.7 Å². The van der Waals surface area contributed by atoms with E-state index in [4.69, 9.17) is 16.3 Å². The van der Waals surface area contributed by atoms with Gasteiger partial charge in [0.05, 0.1) is 40.4 Å². The third-order valence-electron chi connectivity index (χ3n) is 7.03. The van der Waals surface area contributed by atoms with Crippen LogP contribution in [0, 0.1) is 0 Å². The number of ether oxygens (including phenoxy) is 1. The van der Waals surface area contributed by atoms with Gasteiger partial charge < -0.3 is 9.64 Å². The zero-order chi connectivity index (χ0) is 23.6. The number of imidazole rings is 1. The minimum Gasteiger partial charge on any atom is -0.376 e. The number of hydrogen-bond donors (Lipinski definition) is 0. The van der Waals surface area contributed by atoms with Crippen molar-refractivity contribution in [2.75, 3.05) is 13.2 Å². The summed E-state index contributed by atoms with van der Waals surface area (Å²) in [6.07, 6.45) is 5.73. The number of para-hydroxylation sites is 1. The lowest BCUT2D eigenvalue weighted by Gasteiger charge is -2.21. The van der Waals surface area contributed by atoms with Crippen LogP contribution in [0.5, 0.6) is 0 Å². The molecule has 2 aliphatic rings. The third-order valence-corrected chi connectivity index (χ3v) is 7.34.